The highest BCUT2D eigenvalue weighted by atomic mass is 16.5. The summed E-state index contributed by atoms with van der Waals surface area (Å²) < 4.78 is 5.30. The molecule has 0 aliphatic heterocycles. The molecule has 0 radical (unpaired) electrons. The lowest BCUT2D eigenvalue weighted by Gasteiger charge is -2.20. The average molecular weight is 371 g/mol. The van der Waals surface area contributed by atoms with Crippen LogP contribution in [0.5, 0.6) is 0 Å². The summed E-state index contributed by atoms with van der Waals surface area (Å²) in [5, 5.41) is 9.29. The molecule has 0 amide bonds. The number of nitrogen functional groups attached to an aromatic ring is 2. The van der Waals surface area contributed by atoms with Crippen molar-refractivity contribution in [3.63, 3.8) is 0 Å². The first-order valence-electron chi connectivity index (χ1n) is 8.77. The number of benzene rings is 2. The minimum Gasteiger partial charge on any atom is -0.478 e. The number of hydrogen-bond acceptors (Lipinski definition) is 6. The van der Waals surface area contributed by atoms with Crippen LogP contribution in [0.2, 0.25) is 0 Å². The summed E-state index contributed by atoms with van der Waals surface area (Å²) in [5.74, 6) is -1.36. The maximum Gasteiger partial charge on any atom is 0.338 e. The van der Waals surface area contributed by atoms with Gasteiger partial charge >= 0.3 is 11.9 Å². The molecule has 5 N–H and O–H groups in total. The highest BCUT2D eigenvalue weighted by Gasteiger charge is 2.12. The van der Waals surface area contributed by atoms with E-state index in [2.05, 4.69) is 4.90 Å². The number of carboxylic acid groups (broad SMARTS) is 1. The number of carboxylic acids is 1. The molecule has 0 aromatic heterocycles. The van der Waals surface area contributed by atoms with Gasteiger partial charge in [-0.1, -0.05) is 6.92 Å². The zero-order valence-electron chi connectivity index (χ0n) is 15.4. The predicted molar refractivity (Wildman–Crippen MR) is 105 cm³/mol. The van der Waals surface area contributed by atoms with Crippen molar-refractivity contribution in [2.75, 3.05) is 37.7 Å². The van der Waals surface area contributed by atoms with Crippen LogP contribution in [0.25, 0.3) is 0 Å². The van der Waals surface area contributed by atoms with Crippen LogP contribution >= 0.6 is 0 Å². The van der Waals surface area contributed by atoms with E-state index in [1.54, 1.807) is 36.4 Å². The van der Waals surface area contributed by atoms with Crippen molar-refractivity contribution in [1.82, 2.24) is 4.90 Å². The van der Waals surface area contributed by atoms with Crippen LogP contribution in [-0.4, -0.2) is 48.2 Å². The molecule has 0 unspecified atom stereocenters. The molecule has 0 aliphatic carbocycles. The van der Waals surface area contributed by atoms with E-state index < -0.39 is 11.9 Å². The zero-order valence-corrected chi connectivity index (χ0v) is 15.4. The zero-order chi connectivity index (χ0) is 19.8. The van der Waals surface area contributed by atoms with Gasteiger partial charge in [0, 0.05) is 24.5 Å². The lowest BCUT2D eigenvalue weighted by molar-refractivity contribution is 0.0463. The van der Waals surface area contributed by atoms with Crippen molar-refractivity contribution in [3.8, 4) is 0 Å². The van der Waals surface area contributed by atoms with E-state index in [1.807, 2.05) is 6.92 Å². The van der Waals surface area contributed by atoms with Gasteiger partial charge in [0.1, 0.15) is 6.61 Å². The maximum atomic E-state index is 12.0. The third kappa shape index (κ3) is 6.00. The first-order chi connectivity index (χ1) is 12.9. The van der Waals surface area contributed by atoms with Crippen LogP contribution < -0.4 is 11.5 Å². The van der Waals surface area contributed by atoms with Crippen molar-refractivity contribution in [1.29, 1.82) is 0 Å². The maximum absolute atomic E-state index is 12.0. The number of anilines is 2. The molecule has 0 heterocycles. The lowest BCUT2D eigenvalue weighted by atomic mass is 10.0. The van der Waals surface area contributed by atoms with Crippen molar-refractivity contribution >= 4 is 23.3 Å². The fourth-order valence-electron chi connectivity index (χ4n) is 2.71. The second kappa shape index (κ2) is 9.59. The smallest absolute Gasteiger partial charge is 0.338 e. The van der Waals surface area contributed by atoms with Crippen molar-refractivity contribution in [2.24, 2.45) is 0 Å². The number of nitrogens with two attached hydrogens (primary N) is 2. The summed E-state index contributed by atoms with van der Waals surface area (Å²) in [4.78, 5) is 25.4. The second-order valence-electron chi connectivity index (χ2n) is 6.16. The highest BCUT2D eigenvalue weighted by molar-refractivity contribution is 5.90. The van der Waals surface area contributed by atoms with E-state index >= 15 is 0 Å². The number of hydrogen-bond donors (Lipinski definition) is 3. The summed E-state index contributed by atoms with van der Waals surface area (Å²) >= 11 is 0. The Morgan fingerprint density at radius 1 is 1.04 bits per heavy atom. The summed E-state index contributed by atoms with van der Waals surface area (Å²) in [6.45, 7) is 4.20. The van der Waals surface area contributed by atoms with Crippen LogP contribution in [0.15, 0.2) is 42.5 Å². The summed E-state index contributed by atoms with van der Waals surface area (Å²) in [6.07, 6.45) is 0.548. The molecule has 7 heteroatoms. The molecule has 0 saturated carbocycles. The van der Waals surface area contributed by atoms with E-state index in [-0.39, 0.29) is 12.2 Å². The number of carbonyl (C=O) groups is 2. The lowest BCUT2D eigenvalue weighted by Crippen LogP contribution is -2.30. The molecular formula is C20H25N3O4. The molecule has 144 valence electrons. The Labute approximate surface area is 158 Å². The van der Waals surface area contributed by atoms with Gasteiger partial charge in [-0.2, -0.15) is 0 Å². The fourth-order valence-corrected chi connectivity index (χ4v) is 2.71. The van der Waals surface area contributed by atoms with Crippen molar-refractivity contribution in [2.45, 2.75) is 13.3 Å². The molecule has 0 bridgehead atoms. The Bertz CT molecular complexity index is 790. The number of likely N-dealkylation sites (N-methyl/N-ethyl adjacent to an activating group) is 1. The molecule has 27 heavy (non-hydrogen) atoms. The molecule has 0 saturated heterocycles. The van der Waals surface area contributed by atoms with Crippen molar-refractivity contribution < 1.29 is 19.4 Å². The van der Waals surface area contributed by atoms with Gasteiger partial charge in [0.2, 0.25) is 0 Å². The van der Waals surface area contributed by atoms with Gasteiger partial charge in [0.15, 0.2) is 0 Å². The van der Waals surface area contributed by atoms with Gasteiger partial charge in [-0.3, -0.25) is 4.90 Å². The van der Waals surface area contributed by atoms with E-state index in [0.717, 1.165) is 6.54 Å². The number of aromatic carboxylic acids is 1. The van der Waals surface area contributed by atoms with Crippen LogP contribution in [0.4, 0.5) is 11.4 Å². The van der Waals surface area contributed by atoms with Crippen LogP contribution in [0.1, 0.15) is 33.2 Å². The largest absolute Gasteiger partial charge is 0.478 e. The molecule has 2 rings (SSSR count). The number of carbonyl (C=O) groups excluding carboxylic acids is 1. The van der Waals surface area contributed by atoms with E-state index in [9.17, 15) is 14.7 Å². The Morgan fingerprint density at radius 3 is 2.33 bits per heavy atom. The van der Waals surface area contributed by atoms with Crippen LogP contribution in [-0.2, 0) is 11.2 Å². The Kier molecular flexibility index (Phi) is 7.19. The molecule has 0 spiro atoms. The quantitative estimate of drug-likeness (QED) is 0.457. The molecule has 0 fully saturated rings. The van der Waals surface area contributed by atoms with E-state index in [4.69, 9.17) is 16.2 Å². The summed E-state index contributed by atoms with van der Waals surface area (Å²) in [6, 6.07) is 11.4. The SMILES string of the molecule is CCN(CCOC(=O)c1ccc(N)cc1)CCc1cc(N)ccc1C(=O)O. The van der Waals surface area contributed by atoms with Crippen LogP contribution in [0, 0.1) is 0 Å². The topological polar surface area (TPSA) is 119 Å². The normalized spacial score (nSPS) is 10.7. The first kappa shape index (κ1) is 20.3. The minimum atomic E-state index is -0.967. The highest BCUT2D eigenvalue weighted by Crippen LogP contribution is 2.15. The van der Waals surface area contributed by atoms with Crippen molar-refractivity contribution in [3.05, 3.63) is 59.2 Å². The molecule has 2 aromatic rings. The van der Waals surface area contributed by atoms with Gasteiger partial charge in [-0.15, -0.1) is 0 Å². The van der Waals surface area contributed by atoms with Gasteiger partial charge in [-0.05, 0) is 61.0 Å². The monoisotopic (exact) mass is 371 g/mol. The standard InChI is InChI=1S/C20H25N3O4/c1-2-23(10-9-15-13-17(22)7-8-18(15)19(24)25)11-12-27-20(26)14-3-5-16(21)6-4-14/h3-8,13H,2,9-12,21-22H2,1H3,(H,24,25). The Hall–Kier alpha value is -3.06. The molecule has 2 aromatic carbocycles. The predicted octanol–water partition coefficient (Wildman–Crippen LogP) is 2.27. The number of rotatable bonds is 9. The second-order valence-corrected chi connectivity index (χ2v) is 6.16. The van der Waals surface area contributed by atoms with Gasteiger partial charge in [-0.25, -0.2) is 9.59 Å². The summed E-state index contributed by atoms with van der Waals surface area (Å²) in [7, 11) is 0. The van der Waals surface area contributed by atoms with Crippen LogP contribution in [0.3, 0.4) is 0 Å². The minimum absolute atomic E-state index is 0.250. The Morgan fingerprint density at radius 2 is 1.70 bits per heavy atom. The van der Waals surface area contributed by atoms with Gasteiger partial charge < -0.3 is 21.3 Å². The third-order valence-electron chi connectivity index (χ3n) is 4.29. The van der Waals surface area contributed by atoms with Gasteiger partial charge in [0.05, 0.1) is 11.1 Å². The molecular weight excluding hydrogens is 346 g/mol. The number of nitrogens with zero attached hydrogens (tertiary/aromatic N) is 1. The molecule has 0 aliphatic rings. The molecule has 0 atom stereocenters. The number of ether oxygens (including phenoxy) is 1. The number of esters is 1. The average Bonchev–Trinajstić information content (AvgIpc) is 2.64. The van der Waals surface area contributed by atoms with E-state index in [0.29, 0.717) is 42.0 Å². The Balaban J connectivity index is 1.85. The first-order valence-corrected chi connectivity index (χ1v) is 8.77. The molecule has 7 nitrogen and oxygen atoms in total. The third-order valence-corrected chi connectivity index (χ3v) is 4.29. The van der Waals surface area contributed by atoms with E-state index in [1.165, 1.54) is 6.07 Å². The van der Waals surface area contributed by atoms with Gasteiger partial charge in [0.25, 0.3) is 0 Å². The fraction of sp³-hybridized carbons (Fsp3) is 0.300. The summed E-state index contributed by atoms with van der Waals surface area (Å²) in [5.41, 5.74) is 13.9.